The molecule has 1 aliphatic heterocycles. The quantitative estimate of drug-likeness (QED) is 0.617. The third-order valence-corrected chi connectivity index (χ3v) is 5.50. The molecule has 0 amide bonds. The van der Waals surface area contributed by atoms with Gasteiger partial charge in [-0.2, -0.15) is 0 Å². The molecule has 2 unspecified atom stereocenters. The first-order valence-corrected chi connectivity index (χ1v) is 10.3. The molecule has 144 valence electrons. The number of ether oxygens (including phenoxy) is 1. The highest BCUT2D eigenvalue weighted by Gasteiger charge is 2.19. The molecule has 2 aliphatic rings. The summed E-state index contributed by atoms with van der Waals surface area (Å²) in [6, 6.07) is 6.19. The van der Waals surface area contributed by atoms with E-state index in [9.17, 15) is 0 Å². The molecule has 0 saturated heterocycles. The number of rotatable bonds is 8. The zero-order chi connectivity index (χ0) is 18.4. The van der Waals surface area contributed by atoms with Crippen LogP contribution in [0.15, 0.2) is 23.2 Å². The number of hydrogen-bond acceptors (Lipinski definition) is 5. The first kappa shape index (κ1) is 19.2. The summed E-state index contributed by atoms with van der Waals surface area (Å²) in [5, 5.41) is 7.42. The standard InChI is InChI=1S/C21H34N4O/c1-3-7-20(23-13-16-8-5-4-6-9-16)24-14-17-10-11-19-18(12-17)25-21(22)15(2)26-19/h10-12,15-16,20,23-24H,3-9,13-14H2,1-2H3,(H2,22,25). The van der Waals surface area contributed by atoms with Crippen LogP contribution in [-0.2, 0) is 6.54 Å². The Morgan fingerprint density at radius 2 is 2.04 bits per heavy atom. The summed E-state index contributed by atoms with van der Waals surface area (Å²) < 4.78 is 5.78. The van der Waals surface area contributed by atoms with Gasteiger partial charge in [0.25, 0.3) is 0 Å². The predicted molar refractivity (Wildman–Crippen MR) is 108 cm³/mol. The zero-order valence-electron chi connectivity index (χ0n) is 16.3. The Hall–Kier alpha value is -1.59. The van der Waals surface area contributed by atoms with E-state index in [4.69, 9.17) is 10.5 Å². The maximum Gasteiger partial charge on any atom is 0.153 e. The zero-order valence-corrected chi connectivity index (χ0v) is 16.3. The van der Waals surface area contributed by atoms with Gasteiger partial charge >= 0.3 is 0 Å². The molecule has 1 heterocycles. The lowest BCUT2D eigenvalue weighted by Crippen LogP contribution is -2.44. The molecule has 0 radical (unpaired) electrons. The number of hydrogen-bond donors (Lipinski definition) is 3. The van der Waals surface area contributed by atoms with Gasteiger partial charge in [0, 0.05) is 6.54 Å². The Balaban J connectivity index is 1.53. The van der Waals surface area contributed by atoms with E-state index in [0.717, 1.165) is 36.9 Å². The van der Waals surface area contributed by atoms with Crippen molar-refractivity contribution in [2.45, 2.75) is 77.6 Å². The minimum Gasteiger partial charge on any atom is -0.481 e. The molecule has 0 aromatic heterocycles. The third kappa shape index (κ3) is 5.21. The van der Waals surface area contributed by atoms with Crippen molar-refractivity contribution in [3.8, 4) is 5.75 Å². The Morgan fingerprint density at radius 1 is 1.23 bits per heavy atom. The van der Waals surface area contributed by atoms with Crippen LogP contribution in [0.4, 0.5) is 5.69 Å². The number of nitrogens with one attached hydrogen (secondary N) is 2. The summed E-state index contributed by atoms with van der Waals surface area (Å²) in [6.45, 7) is 6.12. The maximum atomic E-state index is 5.91. The molecular formula is C21H34N4O. The van der Waals surface area contributed by atoms with Crippen LogP contribution in [0.25, 0.3) is 0 Å². The molecule has 5 nitrogen and oxygen atoms in total. The van der Waals surface area contributed by atoms with Crippen molar-refractivity contribution >= 4 is 11.5 Å². The Kier molecular flexibility index (Phi) is 6.92. The molecule has 0 spiro atoms. The molecule has 5 heteroatoms. The van der Waals surface area contributed by atoms with Crippen LogP contribution in [0.5, 0.6) is 5.75 Å². The monoisotopic (exact) mass is 358 g/mol. The highest BCUT2D eigenvalue weighted by Crippen LogP contribution is 2.32. The van der Waals surface area contributed by atoms with Crippen molar-refractivity contribution < 1.29 is 4.74 Å². The van der Waals surface area contributed by atoms with E-state index in [1.807, 2.05) is 13.0 Å². The number of amidine groups is 1. The second-order valence-electron chi connectivity index (χ2n) is 7.73. The lowest BCUT2D eigenvalue weighted by atomic mass is 9.89. The van der Waals surface area contributed by atoms with Crippen LogP contribution in [0.2, 0.25) is 0 Å². The molecule has 1 aromatic carbocycles. The van der Waals surface area contributed by atoms with E-state index in [1.165, 1.54) is 44.1 Å². The van der Waals surface area contributed by atoms with E-state index in [-0.39, 0.29) is 6.10 Å². The minimum atomic E-state index is -0.149. The van der Waals surface area contributed by atoms with E-state index in [0.29, 0.717) is 12.0 Å². The molecule has 0 bridgehead atoms. The largest absolute Gasteiger partial charge is 0.481 e. The minimum absolute atomic E-state index is 0.149. The van der Waals surface area contributed by atoms with Crippen molar-refractivity contribution in [3.05, 3.63) is 23.8 Å². The molecule has 3 rings (SSSR count). The maximum absolute atomic E-state index is 5.91. The molecule has 1 aromatic rings. The van der Waals surface area contributed by atoms with Crippen molar-refractivity contribution in [2.75, 3.05) is 6.54 Å². The smallest absolute Gasteiger partial charge is 0.153 e. The van der Waals surface area contributed by atoms with E-state index in [2.05, 4.69) is 34.7 Å². The number of fused-ring (bicyclic) bond motifs is 1. The fourth-order valence-corrected chi connectivity index (χ4v) is 3.85. The van der Waals surface area contributed by atoms with Crippen molar-refractivity contribution in [1.82, 2.24) is 10.6 Å². The molecule has 1 aliphatic carbocycles. The normalized spacial score (nSPS) is 21.6. The summed E-state index contributed by atoms with van der Waals surface area (Å²) in [7, 11) is 0. The third-order valence-electron chi connectivity index (χ3n) is 5.50. The second kappa shape index (κ2) is 9.38. The molecular weight excluding hydrogens is 324 g/mol. The Bertz CT molecular complexity index is 610. The van der Waals surface area contributed by atoms with Crippen LogP contribution in [-0.4, -0.2) is 24.7 Å². The number of benzene rings is 1. The van der Waals surface area contributed by atoms with E-state index in [1.54, 1.807) is 0 Å². The summed E-state index contributed by atoms with van der Waals surface area (Å²) >= 11 is 0. The fraction of sp³-hybridized carbons (Fsp3) is 0.667. The molecule has 26 heavy (non-hydrogen) atoms. The lowest BCUT2D eigenvalue weighted by molar-refractivity contribution is 0.281. The highest BCUT2D eigenvalue weighted by atomic mass is 16.5. The lowest BCUT2D eigenvalue weighted by Gasteiger charge is -2.26. The van der Waals surface area contributed by atoms with E-state index >= 15 is 0 Å². The first-order valence-electron chi connectivity index (χ1n) is 10.3. The van der Waals surface area contributed by atoms with Gasteiger partial charge in [0.15, 0.2) is 6.10 Å². The summed E-state index contributed by atoms with van der Waals surface area (Å²) in [4.78, 5) is 4.47. The number of nitrogens with two attached hydrogens (primary N) is 1. The van der Waals surface area contributed by atoms with Crippen LogP contribution in [0.1, 0.15) is 64.4 Å². The van der Waals surface area contributed by atoms with Crippen LogP contribution >= 0.6 is 0 Å². The van der Waals surface area contributed by atoms with Gasteiger partial charge in [-0.05, 0) is 56.3 Å². The Morgan fingerprint density at radius 3 is 2.81 bits per heavy atom. The molecule has 1 fully saturated rings. The van der Waals surface area contributed by atoms with Gasteiger partial charge in [-0.25, -0.2) is 4.99 Å². The summed E-state index contributed by atoms with van der Waals surface area (Å²) in [5.41, 5.74) is 7.96. The van der Waals surface area contributed by atoms with Gasteiger partial charge in [-0.3, -0.25) is 5.32 Å². The van der Waals surface area contributed by atoms with Gasteiger partial charge in [0.05, 0.1) is 6.17 Å². The second-order valence-corrected chi connectivity index (χ2v) is 7.73. The van der Waals surface area contributed by atoms with Crippen molar-refractivity contribution in [3.63, 3.8) is 0 Å². The Labute approximate surface area is 157 Å². The fourth-order valence-electron chi connectivity index (χ4n) is 3.85. The van der Waals surface area contributed by atoms with Gasteiger partial charge in [-0.15, -0.1) is 0 Å². The average Bonchev–Trinajstić information content (AvgIpc) is 2.66. The van der Waals surface area contributed by atoms with Crippen LogP contribution < -0.4 is 21.1 Å². The number of aliphatic imine (C=N–C) groups is 1. The van der Waals surface area contributed by atoms with Gasteiger partial charge in [0.1, 0.15) is 17.3 Å². The topological polar surface area (TPSA) is 71.7 Å². The van der Waals surface area contributed by atoms with Gasteiger partial charge in [-0.1, -0.05) is 38.7 Å². The predicted octanol–water partition coefficient (Wildman–Crippen LogP) is 3.84. The molecule has 2 atom stereocenters. The molecule has 1 saturated carbocycles. The van der Waals surface area contributed by atoms with Crippen molar-refractivity contribution in [1.29, 1.82) is 0 Å². The average molecular weight is 359 g/mol. The van der Waals surface area contributed by atoms with Crippen molar-refractivity contribution in [2.24, 2.45) is 16.6 Å². The first-order chi connectivity index (χ1) is 12.7. The van der Waals surface area contributed by atoms with Gasteiger partial charge < -0.3 is 15.8 Å². The molecule has 4 N–H and O–H groups in total. The SMILES string of the molecule is CCCC(NCc1ccc2c(c1)N=C(N)C(C)O2)NCC1CCCCC1. The number of nitrogens with zero attached hydrogens (tertiary/aromatic N) is 1. The van der Waals surface area contributed by atoms with Gasteiger partial charge in [0.2, 0.25) is 0 Å². The summed E-state index contributed by atoms with van der Waals surface area (Å²) in [6.07, 6.45) is 9.52. The van der Waals surface area contributed by atoms with Crippen LogP contribution in [0.3, 0.4) is 0 Å². The highest BCUT2D eigenvalue weighted by molar-refractivity contribution is 5.89. The van der Waals surface area contributed by atoms with Crippen LogP contribution in [0, 0.1) is 5.92 Å². The van der Waals surface area contributed by atoms with E-state index < -0.39 is 0 Å². The summed E-state index contributed by atoms with van der Waals surface area (Å²) in [5.74, 6) is 2.21.